The summed E-state index contributed by atoms with van der Waals surface area (Å²) in [5.41, 5.74) is -0.513. The molecule has 0 unspecified atom stereocenters. The molecule has 0 aliphatic heterocycles. The van der Waals surface area contributed by atoms with Gasteiger partial charge in [0.15, 0.2) is 0 Å². The SMILES string of the molecule is CC(C)NC(=O)[C@H]1CCC[C@H]1C.Cc1nc(Nc2ccc(C(=O)O)cc2)ncc1C(F)(F)F. The van der Waals surface area contributed by atoms with Crippen LogP contribution in [0.5, 0.6) is 0 Å². The standard InChI is InChI=1S/C13H10F3N3O2.C10H19NO/c1-7-10(13(14,15)16)6-17-12(18-7)19-9-4-2-8(3-5-9)11(20)21;1-7(2)11-10(12)9-6-4-5-8(9)3/h2-6H,1H3,(H,20,21)(H,17,18,19);7-9H,4-6H2,1-3H3,(H,11,12)/t;8-,9+/m.1/s1. The van der Waals surface area contributed by atoms with Gasteiger partial charge in [0.05, 0.1) is 16.8 Å². The number of carbonyl (C=O) groups excluding carboxylic acids is 1. The lowest BCUT2D eigenvalue weighted by Gasteiger charge is -2.16. The van der Waals surface area contributed by atoms with E-state index < -0.39 is 17.7 Å². The first-order valence-electron chi connectivity index (χ1n) is 10.7. The molecule has 1 amide bonds. The second-order valence-electron chi connectivity index (χ2n) is 8.38. The summed E-state index contributed by atoms with van der Waals surface area (Å²) in [5.74, 6) is 0.0675. The molecule has 0 spiro atoms. The molecular formula is C23H29F3N4O3. The Morgan fingerprint density at radius 3 is 2.24 bits per heavy atom. The molecule has 33 heavy (non-hydrogen) atoms. The quantitative estimate of drug-likeness (QED) is 0.560. The first-order valence-corrected chi connectivity index (χ1v) is 10.7. The van der Waals surface area contributed by atoms with E-state index in [9.17, 15) is 22.8 Å². The van der Waals surface area contributed by atoms with Crippen molar-refractivity contribution in [3.8, 4) is 0 Å². The van der Waals surface area contributed by atoms with Crippen LogP contribution in [0.4, 0.5) is 24.8 Å². The average Bonchev–Trinajstić information content (AvgIpc) is 3.13. The Morgan fingerprint density at radius 1 is 1.15 bits per heavy atom. The van der Waals surface area contributed by atoms with E-state index in [4.69, 9.17) is 5.11 Å². The Morgan fingerprint density at radius 2 is 1.79 bits per heavy atom. The number of anilines is 2. The topological polar surface area (TPSA) is 104 Å². The molecule has 10 heteroatoms. The third-order valence-electron chi connectivity index (χ3n) is 5.30. The second kappa shape index (κ2) is 11.1. The number of carboxylic acid groups (broad SMARTS) is 1. The summed E-state index contributed by atoms with van der Waals surface area (Å²) in [6.45, 7) is 7.44. The van der Waals surface area contributed by atoms with Gasteiger partial charge in [0.2, 0.25) is 11.9 Å². The fraction of sp³-hybridized carbons (Fsp3) is 0.478. The Labute approximate surface area is 190 Å². The maximum atomic E-state index is 12.6. The number of rotatable bonds is 5. The van der Waals surface area contributed by atoms with Gasteiger partial charge < -0.3 is 15.7 Å². The lowest BCUT2D eigenvalue weighted by atomic mass is 9.97. The van der Waals surface area contributed by atoms with Gasteiger partial charge in [-0.1, -0.05) is 13.3 Å². The van der Waals surface area contributed by atoms with E-state index in [-0.39, 0.29) is 35.1 Å². The number of nitrogens with zero attached hydrogens (tertiary/aromatic N) is 2. The number of nitrogens with one attached hydrogen (secondary N) is 2. The highest BCUT2D eigenvalue weighted by molar-refractivity contribution is 5.88. The predicted octanol–water partition coefficient (Wildman–Crippen LogP) is 5.19. The Balaban J connectivity index is 0.000000273. The van der Waals surface area contributed by atoms with E-state index in [1.807, 2.05) is 13.8 Å². The van der Waals surface area contributed by atoms with E-state index in [2.05, 4.69) is 27.5 Å². The molecule has 2 aromatic rings. The van der Waals surface area contributed by atoms with Crippen molar-refractivity contribution in [2.75, 3.05) is 5.32 Å². The number of amides is 1. The lowest BCUT2D eigenvalue weighted by molar-refractivity contribution is -0.138. The highest BCUT2D eigenvalue weighted by Gasteiger charge is 2.33. The molecule has 1 aromatic heterocycles. The van der Waals surface area contributed by atoms with Gasteiger partial charge >= 0.3 is 12.1 Å². The van der Waals surface area contributed by atoms with Crippen LogP contribution in [0.3, 0.4) is 0 Å². The van der Waals surface area contributed by atoms with Crippen LogP contribution >= 0.6 is 0 Å². The number of aromatic nitrogens is 2. The number of aromatic carboxylic acids is 1. The monoisotopic (exact) mass is 466 g/mol. The van der Waals surface area contributed by atoms with Crippen LogP contribution in [-0.4, -0.2) is 33.0 Å². The Hall–Kier alpha value is -3.17. The van der Waals surface area contributed by atoms with Crippen molar-refractivity contribution in [1.82, 2.24) is 15.3 Å². The summed E-state index contributed by atoms with van der Waals surface area (Å²) in [7, 11) is 0. The molecule has 0 bridgehead atoms. The number of carbonyl (C=O) groups is 2. The molecule has 1 aliphatic rings. The normalized spacial score (nSPS) is 17.8. The van der Waals surface area contributed by atoms with Crippen molar-refractivity contribution < 1.29 is 27.9 Å². The van der Waals surface area contributed by atoms with Crippen molar-refractivity contribution in [2.45, 2.75) is 59.2 Å². The maximum Gasteiger partial charge on any atom is 0.419 e. The molecule has 2 atom stereocenters. The summed E-state index contributed by atoms with van der Waals surface area (Å²) in [6, 6.07) is 5.95. The van der Waals surface area contributed by atoms with E-state index >= 15 is 0 Å². The summed E-state index contributed by atoms with van der Waals surface area (Å²) >= 11 is 0. The summed E-state index contributed by atoms with van der Waals surface area (Å²) < 4.78 is 37.7. The highest BCUT2D eigenvalue weighted by Crippen LogP contribution is 2.32. The van der Waals surface area contributed by atoms with Crippen molar-refractivity contribution in [1.29, 1.82) is 0 Å². The minimum atomic E-state index is -4.49. The zero-order chi connectivity index (χ0) is 24.8. The molecule has 0 radical (unpaired) electrons. The summed E-state index contributed by atoms with van der Waals surface area (Å²) in [6.07, 6.45) is -0.269. The third kappa shape index (κ3) is 7.73. The van der Waals surface area contributed by atoms with Gasteiger partial charge in [-0.2, -0.15) is 13.2 Å². The molecule has 1 heterocycles. The predicted molar refractivity (Wildman–Crippen MR) is 118 cm³/mol. The van der Waals surface area contributed by atoms with Crippen LogP contribution < -0.4 is 10.6 Å². The number of hydrogen-bond acceptors (Lipinski definition) is 5. The molecule has 180 valence electrons. The first-order chi connectivity index (χ1) is 15.4. The van der Waals surface area contributed by atoms with E-state index in [1.165, 1.54) is 44.0 Å². The van der Waals surface area contributed by atoms with Crippen molar-refractivity contribution >= 4 is 23.5 Å². The molecule has 1 aliphatic carbocycles. The van der Waals surface area contributed by atoms with Crippen LogP contribution in [0.1, 0.15) is 61.6 Å². The number of benzene rings is 1. The molecule has 0 saturated heterocycles. The fourth-order valence-electron chi connectivity index (χ4n) is 3.56. The van der Waals surface area contributed by atoms with E-state index in [0.29, 0.717) is 17.8 Å². The molecule has 3 rings (SSSR count). The van der Waals surface area contributed by atoms with Gasteiger partial charge in [0, 0.05) is 23.8 Å². The zero-order valence-corrected chi connectivity index (χ0v) is 19.0. The Kier molecular flexibility index (Phi) is 8.78. The number of alkyl halides is 3. The van der Waals surface area contributed by atoms with Gasteiger partial charge in [-0.25, -0.2) is 14.8 Å². The van der Waals surface area contributed by atoms with Crippen molar-refractivity contribution in [3.05, 3.63) is 47.3 Å². The van der Waals surface area contributed by atoms with Crippen LogP contribution in [0.15, 0.2) is 30.5 Å². The number of aryl methyl sites for hydroxylation is 1. The molecule has 1 saturated carbocycles. The fourth-order valence-corrected chi connectivity index (χ4v) is 3.56. The van der Waals surface area contributed by atoms with Crippen molar-refractivity contribution in [3.63, 3.8) is 0 Å². The molecule has 1 fully saturated rings. The minimum absolute atomic E-state index is 0.00331. The summed E-state index contributed by atoms with van der Waals surface area (Å²) in [5, 5.41) is 14.4. The van der Waals surface area contributed by atoms with Crippen LogP contribution in [-0.2, 0) is 11.0 Å². The largest absolute Gasteiger partial charge is 0.478 e. The average molecular weight is 467 g/mol. The third-order valence-corrected chi connectivity index (χ3v) is 5.30. The van der Waals surface area contributed by atoms with E-state index in [0.717, 1.165) is 6.42 Å². The maximum absolute atomic E-state index is 12.6. The number of halogens is 3. The molecule has 3 N–H and O–H groups in total. The zero-order valence-electron chi connectivity index (χ0n) is 19.0. The Bertz CT molecular complexity index is 962. The molecular weight excluding hydrogens is 437 g/mol. The number of hydrogen-bond donors (Lipinski definition) is 3. The van der Waals surface area contributed by atoms with Gasteiger partial charge in [0.1, 0.15) is 0 Å². The first kappa shape index (κ1) is 26.1. The number of carboxylic acids is 1. The van der Waals surface area contributed by atoms with Gasteiger partial charge in [-0.3, -0.25) is 4.79 Å². The van der Waals surface area contributed by atoms with E-state index in [1.54, 1.807) is 0 Å². The van der Waals surface area contributed by atoms with Crippen LogP contribution in [0.2, 0.25) is 0 Å². The minimum Gasteiger partial charge on any atom is -0.478 e. The summed E-state index contributed by atoms with van der Waals surface area (Å²) in [4.78, 5) is 29.6. The van der Waals surface area contributed by atoms with Gasteiger partial charge in [-0.05, 0) is 63.8 Å². The molecule has 7 nitrogen and oxygen atoms in total. The van der Waals surface area contributed by atoms with Crippen molar-refractivity contribution in [2.24, 2.45) is 11.8 Å². The second-order valence-corrected chi connectivity index (χ2v) is 8.38. The molecule has 1 aromatic carbocycles. The van der Waals surface area contributed by atoms with Crippen LogP contribution in [0, 0.1) is 18.8 Å². The van der Waals surface area contributed by atoms with Crippen LogP contribution in [0.25, 0.3) is 0 Å². The smallest absolute Gasteiger partial charge is 0.419 e. The highest BCUT2D eigenvalue weighted by atomic mass is 19.4. The lowest BCUT2D eigenvalue weighted by Crippen LogP contribution is -2.36. The van der Waals surface area contributed by atoms with Gasteiger partial charge in [0.25, 0.3) is 0 Å². The van der Waals surface area contributed by atoms with Gasteiger partial charge in [-0.15, -0.1) is 0 Å².